The molecule has 1 aromatic carbocycles. The standard InChI is InChI=1S/C28H51N5O5P2/c1-19(2)36-24(34)29-31(25(35)37-20(3)4)40(30-26(7,8)9)32(27(10,11)12)39(33(40)28(13,14)15)38-23-21(5)17-16-18-22(23)6/h16-20,30H,1-15H3/p+1. The van der Waals surface area contributed by atoms with E-state index in [0.29, 0.717) is 0 Å². The van der Waals surface area contributed by atoms with E-state index in [1.54, 1.807) is 27.7 Å². The molecule has 0 spiro atoms. The molecule has 12 heteroatoms. The second kappa shape index (κ2) is 12.3. The lowest BCUT2D eigenvalue weighted by Gasteiger charge is -2.62. The minimum Gasteiger partial charge on any atom is -0.446 e. The van der Waals surface area contributed by atoms with Crippen LogP contribution in [0.1, 0.15) is 101 Å². The Kier molecular flexibility index (Phi) is 10.6. The molecule has 2 amide bonds. The smallest absolute Gasteiger partial charge is 0.446 e. The van der Waals surface area contributed by atoms with Crippen LogP contribution in [0.3, 0.4) is 0 Å². The average molecular weight is 601 g/mol. The predicted molar refractivity (Wildman–Crippen MR) is 165 cm³/mol. The van der Waals surface area contributed by atoms with Crippen LogP contribution in [0.4, 0.5) is 9.59 Å². The summed E-state index contributed by atoms with van der Waals surface area (Å²) in [5.74, 6) is 0.814. The van der Waals surface area contributed by atoms with Gasteiger partial charge in [-0.05, 0) is 129 Å². The van der Waals surface area contributed by atoms with Gasteiger partial charge >= 0.3 is 28.5 Å². The zero-order valence-corrected chi connectivity index (χ0v) is 29.0. The van der Waals surface area contributed by atoms with E-state index in [4.69, 9.17) is 14.0 Å². The summed E-state index contributed by atoms with van der Waals surface area (Å²) in [7, 11) is -4.59. The fraction of sp³-hybridized carbons (Fsp3) is 0.714. The van der Waals surface area contributed by atoms with Gasteiger partial charge in [-0.2, -0.15) is 5.43 Å². The van der Waals surface area contributed by atoms with Crippen molar-refractivity contribution in [3.8, 4) is 5.75 Å². The van der Waals surface area contributed by atoms with Crippen LogP contribution in [-0.2, 0) is 9.47 Å². The maximum atomic E-state index is 14.0. The summed E-state index contributed by atoms with van der Waals surface area (Å²) in [6, 6.07) is 6.08. The molecule has 2 N–H and O–H groups in total. The second-order valence-corrected chi connectivity index (χ2v) is 18.4. The summed E-state index contributed by atoms with van der Waals surface area (Å²) >= 11 is 0. The van der Waals surface area contributed by atoms with Crippen LogP contribution in [0.5, 0.6) is 5.75 Å². The van der Waals surface area contributed by atoms with Gasteiger partial charge < -0.3 is 14.0 Å². The van der Waals surface area contributed by atoms with E-state index < -0.39 is 51.2 Å². The minimum absolute atomic E-state index is 0.379. The van der Waals surface area contributed by atoms with Crippen molar-refractivity contribution in [2.45, 2.75) is 133 Å². The third-order valence-electron chi connectivity index (χ3n) is 5.45. The van der Waals surface area contributed by atoms with Gasteiger partial charge in [0.15, 0.2) is 0 Å². The number of hydrazine groups is 1. The van der Waals surface area contributed by atoms with Crippen molar-refractivity contribution in [3.05, 3.63) is 29.3 Å². The molecule has 2 rings (SSSR count). The van der Waals surface area contributed by atoms with Gasteiger partial charge in [0, 0.05) is 5.54 Å². The first-order valence-electron chi connectivity index (χ1n) is 13.8. The van der Waals surface area contributed by atoms with E-state index in [-0.39, 0.29) is 6.10 Å². The van der Waals surface area contributed by atoms with E-state index in [1.807, 2.05) is 52.8 Å². The molecule has 10 nitrogen and oxygen atoms in total. The fourth-order valence-corrected chi connectivity index (χ4v) is 13.1. The number of nitrogens with zero attached hydrogens (tertiary/aromatic N) is 3. The molecule has 1 aliphatic heterocycles. The molecule has 1 aliphatic rings. The number of hydrogen-bond acceptors (Lipinski definition) is 8. The highest BCUT2D eigenvalue weighted by Crippen LogP contribution is 2.91. The van der Waals surface area contributed by atoms with Gasteiger partial charge in [-0.15, -0.1) is 5.09 Å². The Labute approximate surface area is 243 Å². The van der Waals surface area contributed by atoms with E-state index in [2.05, 4.69) is 60.9 Å². The zero-order chi connectivity index (χ0) is 31.0. The fourth-order valence-electron chi connectivity index (χ4n) is 4.37. The second-order valence-electron chi connectivity index (χ2n) is 13.7. The van der Waals surface area contributed by atoms with Gasteiger partial charge in [0.05, 0.1) is 23.3 Å². The van der Waals surface area contributed by atoms with Gasteiger partial charge in [0.25, 0.3) is 0 Å². The number of carbonyl (C=O) groups excluding carboxylic acids is 2. The van der Waals surface area contributed by atoms with Crippen LogP contribution < -0.4 is 15.0 Å². The van der Waals surface area contributed by atoms with Crippen molar-refractivity contribution in [2.75, 3.05) is 0 Å². The van der Waals surface area contributed by atoms with Gasteiger partial charge in [0.2, 0.25) is 0 Å². The van der Waals surface area contributed by atoms with Crippen molar-refractivity contribution in [1.82, 2.24) is 24.2 Å². The van der Waals surface area contributed by atoms with Gasteiger partial charge in [0.1, 0.15) is 5.75 Å². The first-order valence-corrected chi connectivity index (χ1v) is 16.7. The van der Waals surface area contributed by atoms with Crippen LogP contribution >= 0.6 is 16.3 Å². The van der Waals surface area contributed by atoms with Gasteiger partial charge in [-0.25, -0.2) is 9.59 Å². The summed E-state index contributed by atoms with van der Waals surface area (Å²) in [6.45, 7) is 29.8. The van der Waals surface area contributed by atoms with E-state index >= 15 is 0 Å². The monoisotopic (exact) mass is 600 g/mol. The number of para-hydroxylation sites is 1. The SMILES string of the molecule is Cc1cccc(C)c1OP1N(C(C)(C)C)[P+](NC(C)(C)C)(N(NC(=O)OC(C)C)C(=O)OC(C)C)N1C(C)(C)C. The molecule has 0 radical (unpaired) electrons. The summed E-state index contributed by atoms with van der Waals surface area (Å²) in [5.41, 5.74) is 3.39. The molecular formula is C28H52N5O5P2+. The van der Waals surface area contributed by atoms with Crippen molar-refractivity contribution in [2.24, 2.45) is 0 Å². The Bertz CT molecular complexity index is 1020. The molecule has 1 aromatic rings. The number of aryl methyl sites for hydroxylation is 2. The molecule has 40 heavy (non-hydrogen) atoms. The van der Waals surface area contributed by atoms with Crippen LogP contribution in [0.2, 0.25) is 0 Å². The maximum Gasteiger partial charge on any atom is 0.466 e. The van der Waals surface area contributed by atoms with Crippen molar-refractivity contribution < 1.29 is 23.6 Å². The highest BCUT2D eigenvalue weighted by Gasteiger charge is 2.83. The normalized spacial score (nSPS) is 20.8. The Balaban J connectivity index is 2.89. The number of ether oxygens (including phenoxy) is 2. The average Bonchev–Trinajstić information content (AvgIpc) is 2.68. The van der Waals surface area contributed by atoms with Crippen molar-refractivity contribution in [1.29, 1.82) is 0 Å². The summed E-state index contributed by atoms with van der Waals surface area (Å²) in [6.07, 6.45) is -2.20. The van der Waals surface area contributed by atoms with Crippen LogP contribution in [0.25, 0.3) is 0 Å². The third-order valence-corrected chi connectivity index (χ3v) is 14.1. The Morgan fingerprint density at radius 1 is 0.850 bits per heavy atom. The highest BCUT2D eigenvalue weighted by atomic mass is 31.3. The lowest BCUT2D eigenvalue weighted by molar-refractivity contribution is 0.0633. The Morgan fingerprint density at radius 2 is 1.30 bits per heavy atom. The number of rotatable bonds is 6. The van der Waals surface area contributed by atoms with Crippen LogP contribution in [0, 0.1) is 13.8 Å². The number of carbonyl (C=O) groups is 2. The highest BCUT2D eigenvalue weighted by molar-refractivity contribution is 7.89. The predicted octanol–water partition coefficient (Wildman–Crippen LogP) is 8.09. The number of amides is 2. The van der Waals surface area contributed by atoms with Crippen LogP contribution in [0.15, 0.2) is 18.2 Å². The topological polar surface area (TPSA) is 95.6 Å². The van der Waals surface area contributed by atoms with Gasteiger partial charge in [-0.3, -0.25) is 0 Å². The molecule has 1 saturated heterocycles. The maximum absolute atomic E-state index is 14.0. The molecule has 1 heterocycles. The Hall–Kier alpha value is -1.70. The number of hydrogen-bond donors (Lipinski definition) is 2. The summed E-state index contributed by atoms with van der Waals surface area (Å²) < 4.78 is 23.9. The first-order chi connectivity index (χ1) is 18.0. The third kappa shape index (κ3) is 7.77. The number of benzene rings is 1. The Morgan fingerprint density at radius 3 is 1.68 bits per heavy atom. The molecule has 0 unspecified atom stereocenters. The molecular weight excluding hydrogens is 548 g/mol. The number of nitrogens with one attached hydrogen (secondary N) is 2. The molecule has 0 saturated carbocycles. The largest absolute Gasteiger partial charge is 0.466 e. The minimum atomic E-state index is -3.13. The molecule has 1 fully saturated rings. The van der Waals surface area contributed by atoms with Crippen molar-refractivity contribution >= 4 is 28.5 Å². The van der Waals surface area contributed by atoms with E-state index in [9.17, 15) is 9.59 Å². The van der Waals surface area contributed by atoms with Gasteiger partial charge in [-0.1, -0.05) is 18.2 Å². The summed E-state index contributed by atoms with van der Waals surface area (Å²) in [4.78, 5) is 27.1. The summed E-state index contributed by atoms with van der Waals surface area (Å²) in [5, 5.41) is 3.79. The lowest BCUT2D eigenvalue weighted by atomic mass is 10.1. The van der Waals surface area contributed by atoms with Crippen LogP contribution in [-0.4, -0.2) is 54.7 Å². The quantitative estimate of drug-likeness (QED) is 0.250. The molecule has 0 atom stereocenters. The van der Waals surface area contributed by atoms with E-state index in [1.165, 1.54) is 4.78 Å². The molecule has 0 aliphatic carbocycles. The van der Waals surface area contributed by atoms with Crippen molar-refractivity contribution in [3.63, 3.8) is 0 Å². The lowest BCUT2D eigenvalue weighted by Crippen LogP contribution is -2.70. The first kappa shape index (κ1) is 34.5. The molecule has 0 aromatic heterocycles. The zero-order valence-electron chi connectivity index (χ0n) is 27.2. The van der Waals surface area contributed by atoms with E-state index in [0.717, 1.165) is 16.9 Å². The molecule has 228 valence electrons. The molecule has 0 bridgehead atoms.